The number of carbonyl (C=O) groups excluding carboxylic acids is 2. The van der Waals surface area contributed by atoms with Crippen LogP contribution in [0.1, 0.15) is 5.56 Å². The Balaban J connectivity index is 1.99. The summed E-state index contributed by atoms with van der Waals surface area (Å²) >= 11 is 0. The summed E-state index contributed by atoms with van der Waals surface area (Å²) in [7, 11) is 1.81. The number of amidine groups is 1. The van der Waals surface area contributed by atoms with E-state index in [1.165, 1.54) is 6.08 Å². The second kappa shape index (κ2) is 5.52. The molecule has 2 aromatic rings. The summed E-state index contributed by atoms with van der Waals surface area (Å²) < 4.78 is 38.9. The zero-order valence-electron chi connectivity index (χ0n) is 12.3. The van der Waals surface area contributed by atoms with E-state index in [0.29, 0.717) is 5.56 Å². The first-order valence-corrected chi connectivity index (χ1v) is 6.79. The van der Waals surface area contributed by atoms with Crippen molar-refractivity contribution in [2.45, 2.75) is 6.18 Å². The van der Waals surface area contributed by atoms with Crippen molar-refractivity contribution in [2.75, 3.05) is 0 Å². The van der Waals surface area contributed by atoms with Crippen LogP contribution < -0.4 is 10.7 Å². The highest BCUT2D eigenvalue weighted by molar-refractivity contribution is 6.29. The van der Waals surface area contributed by atoms with Crippen LogP contribution in [0.4, 0.5) is 13.2 Å². The van der Waals surface area contributed by atoms with Gasteiger partial charge in [-0.05, 0) is 12.1 Å². The number of halogens is 3. The largest absolute Gasteiger partial charge is 0.471 e. The van der Waals surface area contributed by atoms with Gasteiger partial charge in [-0.3, -0.25) is 9.59 Å². The van der Waals surface area contributed by atoms with Gasteiger partial charge in [0.05, 0.1) is 5.57 Å². The Bertz CT molecular complexity index is 909. The van der Waals surface area contributed by atoms with Crippen LogP contribution in [0.3, 0.4) is 0 Å². The lowest BCUT2D eigenvalue weighted by molar-refractivity contribution is -0.171. The third-order valence-corrected chi connectivity index (χ3v) is 3.49. The van der Waals surface area contributed by atoms with Gasteiger partial charge in [-0.2, -0.15) is 18.3 Å². The van der Waals surface area contributed by atoms with Crippen molar-refractivity contribution in [2.24, 2.45) is 12.1 Å². The molecule has 24 heavy (non-hydrogen) atoms. The van der Waals surface area contributed by atoms with Gasteiger partial charge in [0.25, 0.3) is 5.91 Å². The number of rotatable bonds is 1. The van der Waals surface area contributed by atoms with Gasteiger partial charge in [0, 0.05) is 29.7 Å². The summed E-state index contributed by atoms with van der Waals surface area (Å²) in [5, 5.41) is 5.86. The molecule has 0 aliphatic carbocycles. The van der Waals surface area contributed by atoms with Gasteiger partial charge in [-0.25, -0.2) is 5.43 Å². The number of para-hydroxylation sites is 1. The maximum Gasteiger partial charge on any atom is 0.471 e. The molecular formula is C15H11F3N4O2. The first kappa shape index (κ1) is 15.8. The zero-order valence-corrected chi connectivity index (χ0v) is 12.3. The number of nitrogens with one attached hydrogen (secondary N) is 2. The van der Waals surface area contributed by atoms with Crippen molar-refractivity contribution >= 4 is 34.6 Å². The van der Waals surface area contributed by atoms with Gasteiger partial charge in [0.2, 0.25) is 0 Å². The molecule has 3 rings (SSSR count). The fourth-order valence-electron chi connectivity index (χ4n) is 2.39. The number of aromatic nitrogens is 1. The van der Waals surface area contributed by atoms with Gasteiger partial charge in [0.1, 0.15) is 0 Å². The second-order valence-electron chi connectivity index (χ2n) is 5.12. The molecule has 1 aromatic heterocycles. The Morgan fingerprint density at radius 1 is 1.33 bits per heavy atom. The van der Waals surface area contributed by atoms with E-state index in [9.17, 15) is 22.8 Å². The van der Waals surface area contributed by atoms with Crippen molar-refractivity contribution < 1.29 is 22.8 Å². The molecule has 1 aliphatic rings. The predicted molar refractivity (Wildman–Crippen MR) is 80.7 cm³/mol. The summed E-state index contributed by atoms with van der Waals surface area (Å²) in [5.41, 5.74) is 3.40. The van der Waals surface area contributed by atoms with Crippen LogP contribution in [0, 0.1) is 0 Å². The third-order valence-electron chi connectivity index (χ3n) is 3.49. The first-order chi connectivity index (χ1) is 11.3. The Kier molecular flexibility index (Phi) is 3.63. The Labute approximate surface area is 133 Å². The highest BCUT2D eigenvalue weighted by atomic mass is 19.4. The van der Waals surface area contributed by atoms with Crippen molar-refractivity contribution in [3.05, 3.63) is 41.6 Å². The number of fused-ring (bicyclic) bond motifs is 1. The minimum atomic E-state index is -5.07. The summed E-state index contributed by atoms with van der Waals surface area (Å²) in [5.74, 6) is -3.35. The summed E-state index contributed by atoms with van der Waals surface area (Å²) in [4.78, 5) is 22.9. The highest BCUT2D eigenvalue weighted by Gasteiger charge is 2.40. The van der Waals surface area contributed by atoms with E-state index in [-0.39, 0.29) is 5.57 Å². The number of hydrogen-bond donors (Lipinski definition) is 2. The SMILES string of the molecule is Cn1cc(C=C2C(=O)NN=C2NC(=O)C(F)(F)F)c2ccccc21. The molecule has 6 nitrogen and oxygen atoms in total. The number of hydrazone groups is 1. The van der Waals surface area contributed by atoms with E-state index in [2.05, 4.69) is 5.10 Å². The van der Waals surface area contributed by atoms with Crippen LogP contribution in [0.5, 0.6) is 0 Å². The maximum atomic E-state index is 12.4. The smallest absolute Gasteiger partial charge is 0.350 e. The molecule has 0 atom stereocenters. The van der Waals surface area contributed by atoms with Crippen molar-refractivity contribution in [1.29, 1.82) is 0 Å². The molecule has 2 amide bonds. The lowest BCUT2D eigenvalue weighted by atomic mass is 10.1. The van der Waals surface area contributed by atoms with Crippen molar-refractivity contribution in [3.8, 4) is 0 Å². The average Bonchev–Trinajstić information content (AvgIpc) is 3.02. The van der Waals surface area contributed by atoms with Crippen molar-refractivity contribution in [3.63, 3.8) is 0 Å². The van der Waals surface area contributed by atoms with E-state index in [0.717, 1.165) is 10.9 Å². The Hall–Kier alpha value is -3.10. The number of aryl methyl sites for hydroxylation is 1. The van der Waals surface area contributed by atoms with Crippen LogP contribution in [0.25, 0.3) is 17.0 Å². The number of amides is 2. The number of benzene rings is 1. The van der Waals surface area contributed by atoms with Gasteiger partial charge in [-0.1, -0.05) is 18.2 Å². The summed E-state index contributed by atoms with van der Waals surface area (Å²) in [6, 6.07) is 7.34. The molecule has 2 heterocycles. The normalized spacial score (nSPS) is 16.4. The summed E-state index contributed by atoms with van der Waals surface area (Å²) in [6.07, 6.45) is -1.95. The fraction of sp³-hybridized carbons (Fsp3) is 0.133. The molecule has 0 saturated carbocycles. The molecular weight excluding hydrogens is 325 g/mol. The lowest BCUT2D eigenvalue weighted by Crippen LogP contribution is -2.41. The van der Waals surface area contributed by atoms with Crippen LogP contribution >= 0.6 is 0 Å². The van der Waals surface area contributed by atoms with Gasteiger partial charge < -0.3 is 9.88 Å². The molecule has 0 bridgehead atoms. The second-order valence-corrected chi connectivity index (χ2v) is 5.12. The first-order valence-electron chi connectivity index (χ1n) is 6.79. The van der Waals surface area contributed by atoms with E-state index >= 15 is 0 Å². The van der Waals surface area contributed by atoms with Crippen LogP contribution in [0.2, 0.25) is 0 Å². The predicted octanol–water partition coefficient (Wildman–Crippen LogP) is 1.68. The number of alkyl halides is 3. The lowest BCUT2D eigenvalue weighted by Gasteiger charge is -2.07. The number of nitrogens with zero attached hydrogens (tertiary/aromatic N) is 2. The maximum absolute atomic E-state index is 12.4. The molecule has 0 fully saturated rings. The zero-order chi connectivity index (χ0) is 17.5. The Morgan fingerprint density at radius 3 is 2.75 bits per heavy atom. The molecule has 1 aliphatic heterocycles. The number of carbonyl (C=O) groups is 2. The van der Waals surface area contributed by atoms with Crippen LogP contribution in [-0.4, -0.2) is 28.4 Å². The van der Waals surface area contributed by atoms with Crippen LogP contribution in [0.15, 0.2) is 41.1 Å². The van der Waals surface area contributed by atoms with Crippen molar-refractivity contribution in [1.82, 2.24) is 15.3 Å². The van der Waals surface area contributed by atoms with Gasteiger partial charge in [0.15, 0.2) is 5.84 Å². The van der Waals surface area contributed by atoms with E-state index < -0.39 is 23.8 Å². The molecule has 9 heteroatoms. The fourth-order valence-corrected chi connectivity index (χ4v) is 2.39. The summed E-state index contributed by atoms with van der Waals surface area (Å²) in [6.45, 7) is 0. The topological polar surface area (TPSA) is 75.5 Å². The van der Waals surface area contributed by atoms with E-state index in [1.807, 2.05) is 28.2 Å². The van der Waals surface area contributed by atoms with E-state index in [1.54, 1.807) is 24.6 Å². The quantitative estimate of drug-likeness (QED) is 0.778. The molecule has 124 valence electrons. The standard InChI is InChI=1S/C15H11F3N4O2/c1-22-7-8(9-4-2-3-5-11(9)22)6-10-12(20-21-13(10)23)19-14(24)15(16,17)18/h2-7H,1H3,(H,21,23)(H,19,20,24). The minimum Gasteiger partial charge on any atom is -0.350 e. The van der Waals surface area contributed by atoms with Crippen LogP contribution in [-0.2, 0) is 16.6 Å². The minimum absolute atomic E-state index is 0.149. The van der Waals surface area contributed by atoms with Gasteiger partial charge >= 0.3 is 12.1 Å². The Morgan fingerprint density at radius 2 is 2.04 bits per heavy atom. The molecule has 2 N–H and O–H groups in total. The molecule has 1 aromatic carbocycles. The monoisotopic (exact) mass is 336 g/mol. The highest BCUT2D eigenvalue weighted by Crippen LogP contribution is 2.24. The third kappa shape index (κ3) is 2.75. The molecule has 0 unspecified atom stereocenters. The number of hydrogen-bond acceptors (Lipinski definition) is 3. The molecule has 0 saturated heterocycles. The average molecular weight is 336 g/mol. The van der Waals surface area contributed by atoms with Gasteiger partial charge in [-0.15, -0.1) is 0 Å². The molecule has 0 spiro atoms. The molecule has 0 radical (unpaired) electrons. The van der Waals surface area contributed by atoms with E-state index in [4.69, 9.17) is 0 Å².